The molecule has 12 nitrogen and oxygen atoms in total. The third-order valence-corrected chi connectivity index (χ3v) is 8.19. The van der Waals surface area contributed by atoms with Gasteiger partial charge >= 0.3 is 12.1 Å². The SMILES string of the molecule is Cc1nc2ccc(OC[C@@H](Cc3ccccc3)NC(=O)C3(N(C)C(=O)[C@H](CC(C)C)N(C)C(=O)OC(C)(C)C)CC3)c(C(=O)O)c2o1. The Morgan fingerprint density at radius 2 is 1.72 bits per heavy atom. The molecule has 47 heavy (non-hydrogen) atoms. The molecule has 1 aliphatic carbocycles. The van der Waals surface area contributed by atoms with Crippen molar-refractivity contribution in [1.29, 1.82) is 0 Å². The van der Waals surface area contributed by atoms with Crippen LogP contribution in [0.25, 0.3) is 11.1 Å². The number of benzene rings is 2. The van der Waals surface area contributed by atoms with Crippen molar-refractivity contribution in [2.75, 3.05) is 20.7 Å². The first-order valence-corrected chi connectivity index (χ1v) is 15.9. The molecule has 0 bridgehead atoms. The summed E-state index contributed by atoms with van der Waals surface area (Å²) in [6, 6.07) is 11.3. The maximum absolute atomic E-state index is 14.0. The molecule has 1 saturated carbocycles. The fourth-order valence-electron chi connectivity index (χ4n) is 5.57. The molecule has 254 valence electrons. The van der Waals surface area contributed by atoms with Crippen molar-refractivity contribution >= 4 is 35.0 Å². The maximum Gasteiger partial charge on any atom is 0.410 e. The van der Waals surface area contributed by atoms with Gasteiger partial charge in [-0.05, 0) is 70.1 Å². The summed E-state index contributed by atoms with van der Waals surface area (Å²) in [5.41, 5.74) is -0.536. The summed E-state index contributed by atoms with van der Waals surface area (Å²) in [6.45, 7) is 10.8. The van der Waals surface area contributed by atoms with Crippen molar-refractivity contribution in [2.45, 2.75) is 90.4 Å². The van der Waals surface area contributed by atoms with Gasteiger partial charge in [0.2, 0.25) is 11.8 Å². The minimum Gasteiger partial charge on any atom is -0.490 e. The Kier molecular flexibility index (Phi) is 10.5. The average molecular weight is 651 g/mol. The van der Waals surface area contributed by atoms with Crippen molar-refractivity contribution in [3.8, 4) is 5.75 Å². The third-order valence-electron chi connectivity index (χ3n) is 8.19. The van der Waals surface area contributed by atoms with Crippen LogP contribution in [0.2, 0.25) is 0 Å². The van der Waals surface area contributed by atoms with E-state index < -0.39 is 35.3 Å². The highest BCUT2D eigenvalue weighted by Gasteiger charge is 2.56. The van der Waals surface area contributed by atoms with Crippen molar-refractivity contribution in [1.82, 2.24) is 20.1 Å². The summed E-state index contributed by atoms with van der Waals surface area (Å²) in [7, 11) is 3.14. The number of oxazole rings is 1. The first-order chi connectivity index (χ1) is 22.0. The van der Waals surface area contributed by atoms with E-state index in [1.54, 1.807) is 47.9 Å². The Balaban J connectivity index is 1.55. The van der Waals surface area contributed by atoms with E-state index in [9.17, 15) is 24.3 Å². The number of hydrogen-bond acceptors (Lipinski definition) is 8. The predicted molar refractivity (Wildman–Crippen MR) is 175 cm³/mol. The molecule has 1 aromatic heterocycles. The molecule has 0 spiro atoms. The molecule has 1 fully saturated rings. The Bertz CT molecular complexity index is 1610. The summed E-state index contributed by atoms with van der Waals surface area (Å²) in [6.07, 6.45) is 1.08. The van der Waals surface area contributed by atoms with Gasteiger partial charge in [-0.15, -0.1) is 0 Å². The van der Waals surface area contributed by atoms with E-state index >= 15 is 0 Å². The fraction of sp³-hybridized carbons (Fsp3) is 0.514. The zero-order valence-corrected chi connectivity index (χ0v) is 28.5. The quantitative estimate of drug-likeness (QED) is 0.254. The van der Waals surface area contributed by atoms with Crippen molar-refractivity contribution < 1.29 is 38.2 Å². The molecule has 3 amide bonds. The van der Waals surface area contributed by atoms with Crippen LogP contribution < -0.4 is 10.1 Å². The average Bonchev–Trinajstić information content (AvgIpc) is 3.72. The number of carbonyl (C=O) groups is 4. The molecule has 2 atom stereocenters. The Morgan fingerprint density at radius 1 is 1.06 bits per heavy atom. The van der Waals surface area contributed by atoms with E-state index in [1.807, 2.05) is 44.2 Å². The van der Waals surface area contributed by atoms with Gasteiger partial charge in [-0.3, -0.25) is 14.5 Å². The van der Waals surface area contributed by atoms with Crippen LogP contribution in [0, 0.1) is 12.8 Å². The molecule has 12 heteroatoms. The first-order valence-electron chi connectivity index (χ1n) is 15.9. The number of carbonyl (C=O) groups excluding carboxylic acids is 3. The molecular formula is C35H46N4O8. The van der Waals surface area contributed by atoms with E-state index in [0.717, 1.165) is 5.56 Å². The number of nitrogens with one attached hydrogen (secondary N) is 1. The van der Waals surface area contributed by atoms with Crippen LogP contribution in [-0.4, -0.2) is 87.7 Å². The largest absolute Gasteiger partial charge is 0.490 e. The lowest BCUT2D eigenvalue weighted by Gasteiger charge is -2.36. The molecular weight excluding hydrogens is 604 g/mol. The molecule has 3 aromatic rings. The van der Waals surface area contributed by atoms with E-state index in [2.05, 4.69) is 10.3 Å². The van der Waals surface area contributed by atoms with Gasteiger partial charge in [-0.1, -0.05) is 44.2 Å². The molecule has 4 rings (SSSR count). The van der Waals surface area contributed by atoms with E-state index in [0.29, 0.717) is 37.1 Å². The lowest BCUT2D eigenvalue weighted by molar-refractivity contribution is -0.144. The molecule has 1 aliphatic rings. The summed E-state index contributed by atoms with van der Waals surface area (Å²) < 4.78 is 17.1. The number of aromatic carboxylic acids is 1. The molecule has 2 aromatic carbocycles. The van der Waals surface area contributed by atoms with Crippen molar-refractivity contribution in [2.24, 2.45) is 5.92 Å². The molecule has 1 heterocycles. The van der Waals surface area contributed by atoms with Crippen LogP contribution in [0.4, 0.5) is 4.79 Å². The second kappa shape index (κ2) is 14.0. The van der Waals surface area contributed by atoms with Crippen LogP contribution in [0.1, 0.15) is 75.7 Å². The Labute approximate surface area is 275 Å². The van der Waals surface area contributed by atoms with E-state index in [1.165, 1.54) is 15.9 Å². The first kappa shape index (κ1) is 35.2. The highest BCUT2D eigenvalue weighted by atomic mass is 16.6. The zero-order chi connectivity index (χ0) is 34.7. The van der Waals surface area contributed by atoms with E-state index in [-0.39, 0.29) is 41.2 Å². The van der Waals surface area contributed by atoms with Gasteiger partial charge in [-0.2, -0.15) is 0 Å². The number of ether oxygens (including phenoxy) is 2. The summed E-state index contributed by atoms with van der Waals surface area (Å²) in [5, 5.41) is 13.0. The molecule has 0 saturated heterocycles. The normalized spacial score (nSPS) is 15.1. The van der Waals surface area contributed by atoms with Gasteiger partial charge in [0.15, 0.2) is 11.5 Å². The number of amides is 3. The van der Waals surface area contributed by atoms with Gasteiger partial charge in [0, 0.05) is 21.0 Å². The number of carboxylic acids is 1. The van der Waals surface area contributed by atoms with Crippen LogP contribution in [0.5, 0.6) is 5.75 Å². The summed E-state index contributed by atoms with van der Waals surface area (Å²) in [4.78, 5) is 60.1. The maximum atomic E-state index is 14.0. The smallest absolute Gasteiger partial charge is 0.410 e. The lowest BCUT2D eigenvalue weighted by atomic mass is 10.0. The highest BCUT2D eigenvalue weighted by Crippen LogP contribution is 2.42. The number of fused-ring (bicyclic) bond motifs is 1. The Hall–Kier alpha value is -4.61. The molecule has 0 aliphatic heterocycles. The number of rotatable bonds is 13. The fourth-order valence-corrected chi connectivity index (χ4v) is 5.57. The van der Waals surface area contributed by atoms with Gasteiger partial charge < -0.3 is 29.2 Å². The second-order valence-electron chi connectivity index (χ2n) is 13.7. The van der Waals surface area contributed by atoms with Crippen LogP contribution in [0.15, 0.2) is 46.9 Å². The molecule has 2 N–H and O–H groups in total. The van der Waals surface area contributed by atoms with Crippen LogP contribution >= 0.6 is 0 Å². The number of hydrogen-bond donors (Lipinski definition) is 2. The van der Waals surface area contributed by atoms with Crippen molar-refractivity contribution in [3.63, 3.8) is 0 Å². The van der Waals surface area contributed by atoms with Gasteiger partial charge in [0.25, 0.3) is 0 Å². The van der Waals surface area contributed by atoms with Crippen LogP contribution in [0.3, 0.4) is 0 Å². The lowest BCUT2D eigenvalue weighted by Crippen LogP contribution is -2.58. The van der Waals surface area contributed by atoms with Gasteiger partial charge in [0.05, 0.1) is 6.04 Å². The minimum atomic E-state index is -1.23. The van der Waals surface area contributed by atoms with Gasteiger partial charge in [0.1, 0.15) is 40.6 Å². The minimum absolute atomic E-state index is 0.0510. The Morgan fingerprint density at radius 3 is 2.30 bits per heavy atom. The number of aryl methyl sites for hydroxylation is 1. The van der Waals surface area contributed by atoms with Crippen LogP contribution in [-0.2, 0) is 20.7 Å². The number of likely N-dealkylation sites (N-methyl/N-ethyl adjacent to an activating group) is 2. The number of nitrogens with zero attached hydrogens (tertiary/aromatic N) is 3. The van der Waals surface area contributed by atoms with Crippen molar-refractivity contribution in [3.05, 3.63) is 59.5 Å². The monoisotopic (exact) mass is 650 g/mol. The van der Waals surface area contributed by atoms with Gasteiger partial charge in [-0.25, -0.2) is 14.6 Å². The highest BCUT2D eigenvalue weighted by molar-refractivity contribution is 6.03. The molecule has 0 unspecified atom stereocenters. The zero-order valence-electron chi connectivity index (χ0n) is 28.5. The summed E-state index contributed by atoms with van der Waals surface area (Å²) in [5.74, 6) is -1.42. The second-order valence-corrected chi connectivity index (χ2v) is 13.7. The van der Waals surface area contributed by atoms with E-state index in [4.69, 9.17) is 13.9 Å². The number of aromatic nitrogens is 1. The standard InChI is InChI=1S/C35H46N4O8/c1-21(2)18-26(38(7)33(44)47-34(4,5)6)30(40)39(8)35(16-17-35)32(43)37-24(19-23-12-10-9-11-13-23)20-45-27-15-14-25-29(28(27)31(41)42)46-22(3)36-25/h9-15,21,24,26H,16-20H2,1-8H3,(H,37,43)(H,41,42)/t24-,26+/m1/s1. The molecule has 0 radical (unpaired) electrons. The summed E-state index contributed by atoms with van der Waals surface area (Å²) >= 11 is 0. The number of carboxylic acid groups (broad SMARTS) is 1. The third kappa shape index (κ3) is 8.41. The topological polar surface area (TPSA) is 152 Å². The predicted octanol–water partition coefficient (Wildman–Crippen LogP) is 5.21.